The zero-order valence-electron chi connectivity index (χ0n) is 12.7. The normalized spacial score (nSPS) is 20.6. The number of carboxylic acids is 1. The molecule has 21 heavy (non-hydrogen) atoms. The molecule has 1 heterocycles. The number of ether oxygens (including phenoxy) is 1. The van der Waals surface area contributed by atoms with E-state index in [4.69, 9.17) is 9.84 Å². The number of esters is 1. The summed E-state index contributed by atoms with van der Waals surface area (Å²) < 4.78 is 5.22. The molecule has 0 aromatic heterocycles. The molecule has 1 rings (SSSR count). The molecule has 2 atom stereocenters. The van der Waals surface area contributed by atoms with Crippen molar-refractivity contribution in [3.63, 3.8) is 0 Å². The topological polar surface area (TPSA) is 63.6 Å². The highest BCUT2D eigenvalue weighted by Crippen LogP contribution is 2.17. The maximum Gasteiger partial charge on any atom is 0.330 e. The van der Waals surface area contributed by atoms with Crippen LogP contribution in [-0.4, -0.2) is 23.1 Å². The van der Waals surface area contributed by atoms with E-state index in [1.807, 2.05) is 13.0 Å². The van der Waals surface area contributed by atoms with Crippen molar-refractivity contribution in [2.24, 2.45) is 5.92 Å². The largest absolute Gasteiger partial charge is 0.478 e. The van der Waals surface area contributed by atoms with Gasteiger partial charge in [-0.05, 0) is 38.5 Å². The second-order valence-corrected chi connectivity index (χ2v) is 5.55. The van der Waals surface area contributed by atoms with Crippen molar-refractivity contribution in [1.82, 2.24) is 0 Å². The molecule has 0 aliphatic carbocycles. The summed E-state index contributed by atoms with van der Waals surface area (Å²) in [6.07, 6.45) is 13.1. The molecule has 0 saturated carbocycles. The fourth-order valence-corrected chi connectivity index (χ4v) is 2.21. The van der Waals surface area contributed by atoms with E-state index in [0.717, 1.165) is 37.7 Å². The Labute approximate surface area is 126 Å². The lowest BCUT2D eigenvalue weighted by atomic mass is 9.99. The van der Waals surface area contributed by atoms with E-state index in [2.05, 4.69) is 19.1 Å². The van der Waals surface area contributed by atoms with Gasteiger partial charge in [0.2, 0.25) is 0 Å². The van der Waals surface area contributed by atoms with Crippen LogP contribution in [0.2, 0.25) is 0 Å². The van der Waals surface area contributed by atoms with Gasteiger partial charge >= 0.3 is 11.9 Å². The van der Waals surface area contributed by atoms with Crippen molar-refractivity contribution >= 4 is 11.9 Å². The summed E-state index contributed by atoms with van der Waals surface area (Å²) in [5.74, 6) is -0.700. The monoisotopic (exact) mass is 292 g/mol. The number of carboxylic acid groups (broad SMARTS) is 1. The van der Waals surface area contributed by atoms with Crippen molar-refractivity contribution in [2.75, 3.05) is 0 Å². The first-order valence-electron chi connectivity index (χ1n) is 7.41. The highest BCUT2D eigenvalue weighted by molar-refractivity contribution is 5.82. The Kier molecular flexibility index (Phi) is 7.51. The van der Waals surface area contributed by atoms with Crippen LogP contribution >= 0.6 is 0 Å². The van der Waals surface area contributed by atoms with E-state index in [1.54, 1.807) is 0 Å². The third-order valence-corrected chi connectivity index (χ3v) is 3.42. The van der Waals surface area contributed by atoms with E-state index in [0.29, 0.717) is 5.92 Å². The molecule has 0 spiro atoms. The Balaban J connectivity index is 2.19. The first-order valence-corrected chi connectivity index (χ1v) is 7.41. The van der Waals surface area contributed by atoms with Gasteiger partial charge < -0.3 is 9.84 Å². The first-order chi connectivity index (χ1) is 9.97. The number of aliphatic carboxylic acids is 1. The maximum atomic E-state index is 11.1. The minimum absolute atomic E-state index is 0.0131. The van der Waals surface area contributed by atoms with Crippen molar-refractivity contribution < 1.29 is 19.4 Å². The van der Waals surface area contributed by atoms with E-state index >= 15 is 0 Å². The molecule has 4 nitrogen and oxygen atoms in total. The number of rotatable bonds is 8. The Morgan fingerprint density at radius 3 is 3.00 bits per heavy atom. The van der Waals surface area contributed by atoms with Crippen LogP contribution in [0, 0.1) is 5.92 Å². The molecule has 116 valence electrons. The Morgan fingerprint density at radius 1 is 1.57 bits per heavy atom. The number of hydrogen-bond acceptors (Lipinski definition) is 3. The summed E-state index contributed by atoms with van der Waals surface area (Å²) in [6.45, 7) is 3.97. The van der Waals surface area contributed by atoms with E-state index in [9.17, 15) is 9.59 Å². The van der Waals surface area contributed by atoms with Gasteiger partial charge in [-0.15, -0.1) is 0 Å². The molecular weight excluding hydrogens is 268 g/mol. The summed E-state index contributed by atoms with van der Waals surface area (Å²) in [5.41, 5.74) is 0.876. The molecule has 0 radical (unpaired) electrons. The van der Waals surface area contributed by atoms with Crippen LogP contribution in [0.1, 0.15) is 46.0 Å². The van der Waals surface area contributed by atoms with Crippen molar-refractivity contribution in [3.8, 4) is 0 Å². The minimum atomic E-state index is -0.888. The molecule has 0 aromatic carbocycles. The maximum absolute atomic E-state index is 11.1. The average Bonchev–Trinajstić information content (AvgIpc) is 2.41. The van der Waals surface area contributed by atoms with E-state index < -0.39 is 5.97 Å². The Bertz CT molecular complexity index is 446. The highest BCUT2D eigenvalue weighted by atomic mass is 16.5. The van der Waals surface area contributed by atoms with Gasteiger partial charge in [0, 0.05) is 18.6 Å². The third-order valence-electron chi connectivity index (χ3n) is 3.42. The van der Waals surface area contributed by atoms with Crippen LogP contribution in [0.4, 0.5) is 0 Å². The van der Waals surface area contributed by atoms with Crippen LogP contribution in [0.15, 0.2) is 36.0 Å². The number of carbonyl (C=O) groups excluding carboxylic acids is 1. The Morgan fingerprint density at radius 2 is 2.33 bits per heavy atom. The first kappa shape index (κ1) is 17.2. The average molecular weight is 292 g/mol. The lowest BCUT2D eigenvalue weighted by Crippen LogP contribution is -2.20. The van der Waals surface area contributed by atoms with Gasteiger partial charge in [-0.3, -0.25) is 0 Å². The lowest BCUT2D eigenvalue weighted by molar-refractivity contribution is -0.144. The van der Waals surface area contributed by atoms with Gasteiger partial charge in [-0.25, -0.2) is 9.59 Å². The summed E-state index contributed by atoms with van der Waals surface area (Å²) in [6, 6.07) is 0. The summed E-state index contributed by atoms with van der Waals surface area (Å²) >= 11 is 0. The number of carbonyl (C=O) groups is 2. The smallest absolute Gasteiger partial charge is 0.330 e. The minimum Gasteiger partial charge on any atom is -0.478 e. The SMILES string of the molecule is C/C(=C/C(=O)O)CC/C=C\[C@@H](C)CC[C@H]1CC=CC(=O)O1. The quantitative estimate of drug-likeness (QED) is 0.421. The molecule has 0 aromatic rings. The molecule has 0 bridgehead atoms. The number of allylic oxidation sites excluding steroid dienone is 3. The van der Waals surface area contributed by atoms with Crippen LogP contribution in [0.5, 0.6) is 0 Å². The van der Waals surface area contributed by atoms with Crippen LogP contribution in [0.3, 0.4) is 0 Å². The van der Waals surface area contributed by atoms with Gasteiger partial charge in [0.05, 0.1) is 0 Å². The summed E-state index contributed by atoms with van der Waals surface area (Å²) in [7, 11) is 0. The number of cyclic esters (lactones) is 1. The van der Waals surface area contributed by atoms with Gasteiger partial charge in [-0.1, -0.05) is 30.7 Å². The fraction of sp³-hybridized carbons (Fsp3) is 0.529. The van der Waals surface area contributed by atoms with Gasteiger partial charge in [-0.2, -0.15) is 0 Å². The summed E-state index contributed by atoms with van der Waals surface area (Å²) in [5, 5.41) is 8.61. The molecule has 4 heteroatoms. The van der Waals surface area contributed by atoms with Crippen molar-refractivity contribution in [1.29, 1.82) is 0 Å². The highest BCUT2D eigenvalue weighted by Gasteiger charge is 2.16. The molecule has 0 fully saturated rings. The van der Waals surface area contributed by atoms with Crippen LogP contribution < -0.4 is 0 Å². The second kappa shape index (κ2) is 9.16. The zero-order valence-corrected chi connectivity index (χ0v) is 12.7. The van der Waals surface area contributed by atoms with Crippen molar-refractivity contribution in [2.45, 2.75) is 52.1 Å². The molecule has 1 N–H and O–H groups in total. The number of hydrogen-bond donors (Lipinski definition) is 1. The molecule has 0 amide bonds. The lowest BCUT2D eigenvalue weighted by Gasteiger charge is -2.19. The molecule has 0 saturated heterocycles. The molecule has 0 unspecified atom stereocenters. The van der Waals surface area contributed by atoms with Crippen LogP contribution in [-0.2, 0) is 14.3 Å². The van der Waals surface area contributed by atoms with Crippen molar-refractivity contribution in [3.05, 3.63) is 36.0 Å². The molecular formula is C17H24O4. The standard InChI is InChI=1S/C17H24O4/c1-13(6-3-4-7-14(2)12-16(18)19)10-11-15-8-5-9-17(20)21-15/h3,5-6,9,12-13,15H,4,7-8,10-11H2,1-2H3,(H,18,19)/b6-3-,14-12-/t13-,15-/m1/s1. The third kappa shape index (κ3) is 8.12. The van der Waals surface area contributed by atoms with Gasteiger partial charge in [0.25, 0.3) is 0 Å². The summed E-state index contributed by atoms with van der Waals surface area (Å²) in [4.78, 5) is 21.6. The molecule has 1 aliphatic heterocycles. The van der Waals surface area contributed by atoms with Gasteiger partial charge in [0.1, 0.15) is 6.10 Å². The van der Waals surface area contributed by atoms with Crippen LogP contribution in [0.25, 0.3) is 0 Å². The van der Waals surface area contributed by atoms with E-state index in [1.165, 1.54) is 12.2 Å². The molecule has 1 aliphatic rings. The fourth-order valence-electron chi connectivity index (χ4n) is 2.21. The zero-order chi connectivity index (χ0) is 15.7. The van der Waals surface area contributed by atoms with Gasteiger partial charge in [0.15, 0.2) is 0 Å². The predicted octanol–water partition coefficient (Wildman–Crippen LogP) is 3.64. The van der Waals surface area contributed by atoms with E-state index in [-0.39, 0.29) is 12.1 Å². The predicted molar refractivity (Wildman–Crippen MR) is 81.8 cm³/mol. The Hall–Kier alpha value is -1.84. The second-order valence-electron chi connectivity index (χ2n) is 5.55.